The molecule has 0 saturated carbocycles. The molecule has 1 heterocycles. The normalized spacial score (nSPS) is 22.4. The van der Waals surface area contributed by atoms with E-state index < -0.39 is 36.4 Å². The summed E-state index contributed by atoms with van der Waals surface area (Å²) >= 11 is 0. The molecule has 8 heteroatoms. The molecule has 3 rings (SSSR count). The van der Waals surface area contributed by atoms with Gasteiger partial charge in [-0.25, -0.2) is 9.59 Å². The van der Waals surface area contributed by atoms with Crippen LogP contribution in [0, 0.1) is 11.8 Å². The van der Waals surface area contributed by atoms with Crippen molar-refractivity contribution in [3.63, 3.8) is 0 Å². The summed E-state index contributed by atoms with van der Waals surface area (Å²) in [4.78, 5) is 36.0. The molecule has 0 bridgehead atoms. The third-order valence-electron chi connectivity index (χ3n) is 7.47. The van der Waals surface area contributed by atoms with Gasteiger partial charge < -0.3 is 24.1 Å². The molecule has 0 amide bonds. The number of benzene rings is 2. The lowest BCUT2D eigenvalue weighted by atomic mass is 9.83. The van der Waals surface area contributed by atoms with Gasteiger partial charge in [0.1, 0.15) is 6.61 Å². The molecule has 1 fully saturated rings. The number of hydrogen-bond acceptors (Lipinski definition) is 7. The van der Waals surface area contributed by atoms with Crippen LogP contribution < -0.4 is 0 Å². The Balaban J connectivity index is 1.53. The van der Waals surface area contributed by atoms with E-state index in [-0.39, 0.29) is 24.9 Å². The number of carbonyl (C=O) groups excluding carboxylic acids is 2. The number of carboxylic acid groups (broad SMARTS) is 1. The van der Waals surface area contributed by atoms with Gasteiger partial charge in [0.05, 0.1) is 17.2 Å². The number of carboxylic acids is 1. The largest absolute Gasteiger partial charge is 0.481 e. The fourth-order valence-electron chi connectivity index (χ4n) is 4.79. The number of esters is 2. The van der Waals surface area contributed by atoms with Crippen LogP contribution in [-0.4, -0.2) is 54.7 Å². The van der Waals surface area contributed by atoms with Gasteiger partial charge >= 0.3 is 17.9 Å². The molecule has 8 nitrogen and oxygen atoms in total. The monoisotopic (exact) mass is 554 g/mol. The zero-order valence-corrected chi connectivity index (χ0v) is 23.5. The van der Waals surface area contributed by atoms with Crippen molar-refractivity contribution >= 4 is 17.9 Å². The molecule has 0 aromatic heterocycles. The highest BCUT2D eigenvalue weighted by molar-refractivity contribution is 5.89. The van der Waals surface area contributed by atoms with E-state index in [4.69, 9.17) is 24.1 Å². The Morgan fingerprint density at radius 2 is 1.30 bits per heavy atom. The van der Waals surface area contributed by atoms with Crippen LogP contribution in [0.4, 0.5) is 0 Å². The van der Waals surface area contributed by atoms with E-state index in [2.05, 4.69) is 0 Å². The van der Waals surface area contributed by atoms with Crippen LogP contribution in [0.25, 0.3) is 0 Å². The van der Waals surface area contributed by atoms with Crippen molar-refractivity contribution in [3.8, 4) is 0 Å². The van der Waals surface area contributed by atoms with Crippen LogP contribution in [-0.2, 0) is 23.7 Å². The van der Waals surface area contributed by atoms with E-state index in [1.54, 1.807) is 48.5 Å². The van der Waals surface area contributed by atoms with E-state index >= 15 is 0 Å². The third-order valence-corrected chi connectivity index (χ3v) is 7.47. The first-order valence-corrected chi connectivity index (χ1v) is 14.3. The summed E-state index contributed by atoms with van der Waals surface area (Å²) < 4.78 is 23.9. The molecule has 2 aromatic rings. The molecule has 2 aromatic carbocycles. The minimum Gasteiger partial charge on any atom is -0.481 e. The summed E-state index contributed by atoms with van der Waals surface area (Å²) in [6, 6.07) is 17.7. The smallest absolute Gasteiger partial charge is 0.338 e. The number of carbonyl (C=O) groups is 3. The van der Waals surface area contributed by atoms with Crippen molar-refractivity contribution in [2.24, 2.45) is 11.8 Å². The Morgan fingerprint density at radius 1 is 0.750 bits per heavy atom. The van der Waals surface area contributed by atoms with Gasteiger partial charge in [-0.1, -0.05) is 82.3 Å². The summed E-state index contributed by atoms with van der Waals surface area (Å²) in [7, 11) is 0. The molecule has 0 aliphatic carbocycles. The molecule has 218 valence electrons. The van der Waals surface area contributed by atoms with Crippen molar-refractivity contribution in [2.45, 2.75) is 83.7 Å². The van der Waals surface area contributed by atoms with Crippen molar-refractivity contribution in [1.82, 2.24) is 0 Å². The predicted octanol–water partition coefficient (Wildman–Crippen LogP) is 6.29. The maximum atomic E-state index is 12.9. The second kappa shape index (κ2) is 16.8. The van der Waals surface area contributed by atoms with Gasteiger partial charge in [-0.2, -0.15) is 0 Å². The Labute approximate surface area is 237 Å². The van der Waals surface area contributed by atoms with Gasteiger partial charge in [-0.3, -0.25) is 4.79 Å². The topological polar surface area (TPSA) is 108 Å². The number of unbranched alkanes of at least 4 members (excludes halogenated alkanes) is 6. The molecule has 1 aliphatic rings. The number of hydrogen-bond donors (Lipinski definition) is 1. The van der Waals surface area contributed by atoms with E-state index in [9.17, 15) is 14.4 Å². The molecule has 1 N–H and O–H groups in total. The first kappa shape index (κ1) is 31.3. The zero-order chi connectivity index (χ0) is 28.7. The molecular formula is C32H42O8. The lowest BCUT2D eigenvalue weighted by molar-refractivity contribution is -0.274. The fourth-order valence-corrected chi connectivity index (χ4v) is 4.79. The van der Waals surface area contributed by atoms with Crippen LogP contribution >= 0.6 is 0 Å². The highest BCUT2D eigenvalue weighted by atomic mass is 16.7. The number of ether oxygens (including phenoxy) is 4. The molecule has 5 atom stereocenters. The Morgan fingerprint density at radius 3 is 1.90 bits per heavy atom. The zero-order valence-electron chi connectivity index (χ0n) is 23.5. The summed E-state index contributed by atoms with van der Waals surface area (Å²) in [5.41, 5.74) is 0.937. The van der Waals surface area contributed by atoms with Gasteiger partial charge in [0.15, 0.2) is 12.4 Å². The van der Waals surface area contributed by atoms with Crippen LogP contribution in [0.3, 0.4) is 0 Å². The Bertz CT molecular complexity index is 1040. The van der Waals surface area contributed by atoms with E-state index in [0.29, 0.717) is 17.7 Å². The minimum atomic E-state index is -0.782. The molecule has 1 saturated heterocycles. The maximum Gasteiger partial charge on any atom is 0.338 e. The summed E-state index contributed by atoms with van der Waals surface area (Å²) in [5, 5.41) is 8.72. The van der Waals surface area contributed by atoms with Gasteiger partial charge in [0.25, 0.3) is 0 Å². The lowest BCUT2D eigenvalue weighted by Gasteiger charge is -2.43. The Hall–Kier alpha value is -3.23. The van der Waals surface area contributed by atoms with Crippen molar-refractivity contribution < 1.29 is 38.4 Å². The Kier molecular flexibility index (Phi) is 13.1. The number of rotatable bonds is 16. The molecule has 40 heavy (non-hydrogen) atoms. The van der Waals surface area contributed by atoms with Crippen LogP contribution in [0.5, 0.6) is 0 Å². The second-order valence-electron chi connectivity index (χ2n) is 10.5. The lowest BCUT2D eigenvalue weighted by Crippen LogP contribution is -2.53. The minimum absolute atomic E-state index is 0.0573. The van der Waals surface area contributed by atoms with Crippen molar-refractivity contribution in [2.75, 3.05) is 13.2 Å². The van der Waals surface area contributed by atoms with Gasteiger partial charge in [0, 0.05) is 18.9 Å². The highest BCUT2D eigenvalue weighted by Gasteiger charge is 2.45. The van der Waals surface area contributed by atoms with Crippen molar-refractivity contribution in [3.05, 3.63) is 71.8 Å². The molecule has 0 radical (unpaired) electrons. The SMILES string of the molecule is C[C@@H]1C(COC(=O)c2ccccc2)O[C@@H](OCCCCCCCCCC(=O)O)C(OC(=O)c2ccccc2)[C@H]1C. The van der Waals surface area contributed by atoms with Gasteiger partial charge in [0.2, 0.25) is 0 Å². The first-order valence-electron chi connectivity index (χ1n) is 14.3. The van der Waals surface area contributed by atoms with Crippen LogP contribution in [0.2, 0.25) is 0 Å². The summed E-state index contributed by atoms with van der Waals surface area (Å²) in [5.74, 6) is -1.74. The van der Waals surface area contributed by atoms with E-state index in [1.807, 2.05) is 26.0 Å². The second-order valence-corrected chi connectivity index (χ2v) is 10.5. The molecular weight excluding hydrogens is 512 g/mol. The average molecular weight is 555 g/mol. The highest BCUT2D eigenvalue weighted by Crippen LogP contribution is 2.34. The molecule has 1 aliphatic heterocycles. The van der Waals surface area contributed by atoms with E-state index in [0.717, 1.165) is 44.9 Å². The molecule has 2 unspecified atom stereocenters. The first-order chi connectivity index (χ1) is 19.4. The third kappa shape index (κ3) is 10.1. The van der Waals surface area contributed by atoms with Gasteiger partial charge in [-0.15, -0.1) is 0 Å². The number of aliphatic carboxylic acids is 1. The summed E-state index contributed by atoms with van der Waals surface area (Å²) in [6.07, 6.45) is 5.00. The quantitative estimate of drug-likeness (QED) is 0.191. The van der Waals surface area contributed by atoms with E-state index in [1.165, 1.54) is 0 Å². The molecule has 0 spiro atoms. The standard InChI is InChI=1S/C32H42O8/c1-23-24(2)29(40-31(36)26-18-12-9-13-19-26)32(37-21-15-7-5-3-4-6-14-20-28(33)34)39-27(23)22-38-30(35)25-16-10-8-11-17-25/h8-13,16-19,23-24,27,29,32H,3-7,14-15,20-22H2,1-2H3,(H,33,34)/t23-,24-,27?,29?,32+/m0/s1. The fraction of sp³-hybridized carbons (Fsp3) is 0.531. The van der Waals surface area contributed by atoms with Gasteiger partial charge in [-0.05, 0) is 43.0 Å². The average Bonchev–Trinajstić information content (AvgIpc) is 2.97. The maximum absolute atomic E-state index is 12.9. The van der Waals surface area contributed by atoms with Crippen LogP contribution in [0.1, 0.15) is 85.9 Å². The predicted molar refractivity (Wildman–Crippen MR) is 150 cm³/mol. The van der Waals surface area contributed by atoms with Crippen molar-refractivity contribution in [1.29, 1.82) is 0 Å². The summed E-state index contributed by atoms with van der Waals surface area (Å²) in [6.45, 7) is 4.52. The van der Waals surface area contributed by atoms with Crippen LogP contribution in [0.15, 0.2) is 60.7 Å².